The average Bonchev–Trinajstić information content (AvgIpc) is 3.32. The van der Waals surface area contributed by atoms with Crippen LogP contribution in [-0.2, 0) is 42.7 Å². The van der Waals surface area contributed by atoms with Crippen molar-refractivity contribution in [2.75, 3.05) is 19.8 Å². The zero-order valence-electron chi connectivity index (χ0n) is 43.1. The van der Waals surface area contributed by atoms with Crippen LogP contribution in [0.1, 0.15) is 120 Å². The third-order valence-corrected chi connectivity index (χ3v) is 20.6. The molecule has 0 amide bonds. The lowest BCUT2D eigenvalue weighted by Crippen LogP contribution is -2.66. The minimum absolute atomic E-state index is 0.0621. The van der Waals surface area contributed by atoms with Gasteiger partial charge < -0.3 is 94.1 Å². The molecule has 0 aromatic heterocycles. The van der Waals surface area contributed by atoms with E-state index in [4.69, 9.17) is 37.9 Å². The highest BCUT2D eigenvalue weighted by Gasteiger charge is 2.70. The van der Waals surface area contributed by atoms with Gasteiger partial charge in [0.15, 0.2) is 18.9 Å². The van der Waals surface area contributed by atoms with Crippen LogP contribution >= 0.6 is 0 Å². The van der Waals surface area contributed by atoms with E-state index >= 15 is 0 Å². The van der Waals surface area contributed by atoms with E-state index in [1.807, 2.05) is 0 Å². The predicted octanol–water partition coefficient (Wildman–Crippen LogP) is 0.271. The summed E-state index contributed by atoms with van der Waals surface area (Å²) in [5, 5.41) is 117. The predicted molar refractivity (Wildman–Crippen MR) is 249 cm³/mol. The molecule has 4 heterocycles. The second-order valence-electron chi connectivity index (χ2n) is 25.4. The third kappa shape index (κ3) is 8.87. The van der Waals surface area contributed by atoms with E-state index in [1.54, 1.807) is 0 Å². The molecule has 20 nitrogen and oxygen atoms in total. The van der Waals surface area contributed by atoms with Crippen LogP contribution in [0.15, 0.2) is 11.6 Å². The number of carbonyl (C=O) groups is 1. The Hall–Kier alpha value is -1.51. The summed E-state index contributed by atoms with van der Waals surface area (Å²) in [6, 6.07) is 0. The second kappa shape index (κ2) is 19.7. The molecule has 26 atom stereocenters. The summed E-state index contributed by atoms with van der Waals surface area (Å²) < 4.78 is 48.0. The van der Waals surface area contributed by atoms with Crippen LogP contribution in [0, 0.1) is 50.2 Å². The Balaban J connectivity index is 0.926. The summed E-state index contributed by atoms with van der Waals surface area (Å²) in [5.74, 6) is -0.175. The molecule has 0 spiro atoms. The first-order valence-corrected chi connectivity index (χ1v) is 26.5. The van der Waals surface area contributed by atoms with Gasteiger partial charge in [-0.25, -0.2) is 0 Å². The molecule has 9 aliphatic rings. The molecule has 0 aromatic carbocycles. The van der Waals surface area contributed by atoms with E-state index in [0.717, 1.165) is 44.9 Å². The van der Waals surface area contributed by atoms with Crippen molar-refractivity contribution < 1.29 is 98.9 Å². The molecule has 412 valence electrons. The van der Waals surface area contributed by atoms with E-state index < -0.39 is 134 Å². The molecule has 5 aliphatic carbocycles. The third-order valence-electron chi connectivity index (χ3n) is 20.6. The number of rotatable bonds is 9. The molecule has 0 aromatic rings. The van der Waals surface area contributed by atoms with Crippen molar-refractivity contribution in [1.29, 1.82) is 0 Å². The number of aliphatic hydroxyl groups is 11. The lowest BCUT2D eigenvalue weighted by atomic mass is 9.33. The Morgan fingerprint density at radius 1 is 0.625 bits per heavy atom. The Kier molecular flexibility index (Phi) is 15.2. The van der Waals surface area contributed by atoms with Gasteiger partial charge in [-0.2, -0.15) is 0 Å². The largest absolute Gasteiger partial charge is 0.432 e. The first-order chi connectivity index (χ1) is 33.7. The maximum Gasteiger partial charge on any atom is 0.315 e. The zero-order valence-corrected chi connectivity index (χ0v) is 43.1. The van der Waals surface area contributed by atoms with Gasteiger partial charge in [0.2, 0.25) is 6.29 Å². The van der Waals surface area contributed by atoms with E-state index in [1.165, 1.54) is 12.5 Å². The monoisotopic (exact) mass is 1030 g/mol. The maximum absolute atomic E-state index is 14.7. The van der Waals surface area contributed by atoms with Crippen LogP contribution in [0.2, 0.25) is 0 Å². The van der Waals surface area contributed by atoms with Crippen LogP contribution in [-0.4, -0.2) is 199 Å². The lowest BCUT2D eigenvalue weighted by molar-refractivity contribution is -0.378. The smallest absolute Gasteiger partial charge is 0.315 e. The molecule has 0 unspecified atom stereocenters. The molecule has 4 aliphatic heterocycles. The molecule has 4 saturated heterocycles. The second-order valence-corrected chi connectivity index (χ2v) is 25.4. The maximum atomic E-state index is 14.7. The number of carbonyl (C=O) groups excluding carboxylic acids is 1. The van der Waals surface area contributed by atoms with Gasteiger partial charge in [0.1, 0.15) is 79.4 Å². The molecule has 72 heavy (non-hydrogen) atoms. The van der Waals surface area contributed by atoms with Crippen molar-refractivity contribution in [3.05, 3.63) is 11.6 Å². The molecule has 0 radical (unpaired) electrons. The Morgan fingerprint density at radius 2 is 1.26 bits per heavy atom. The van der Waals surface area contributed by atoms with Gasteiger partial charge in [-0.1, -0.05) is 60.1 Å². The van der Waals surface area contributed by atoms with Crippen molar-refractivity contribution in [3.8, 4) is 0 Å². The van der Waals surface area contributed by atoms with Crippen LogP contribution in [0.25, 0.3) is 0 Å². The molecular formula is C52H84O20. The van der Waals surface area contributed by atoms with Gasteiger partial charge >= 0.3 is 5.97 Å². The Morgan fingerprint density at radius 3 is 1.96 bits per heavy atom. The van der Waals surface area contributed by atoms with Crippen LogP contribution in [0.3, 0.4) is 0 Å². The topological polar surface area (TPSA) is 313 Å². The SMILES string of the molecule is C[C@@H]1O[C@@H](O[C@H]2[C@H](O[C@H]3CC[C@]4(C)[C@H]5CC=C6[C@@H]7CC(C)(C)CC[C@]7(C(=O)O[C@@H]7O[C@H](CO)[C@@H](O)[C@H](O)[C@H]7O)CC[C@@]6(C)[C@]5(C)CC[C@H]4C3(C)C)OC[C@H](O)[C@@H]2O)[C@H](O)[C@H](O[C@@H]2OC[C@@H](O)[C@H](O)[C@H]2O)[C@H]1O. The number of allylic oxidation sites excluding steroid dienone is 2. The van der Waals surface area contributed by atoms with Gasteiger partial charge in [0.05, 0.1) is 37.4 Å². The molecule has 11 N–H and O–H groups in total. The summed E-state index contributed by atoms with van der Waals surface area (Å²) in [4.78, 5) is 14.7. The summed E-state index contributed by atoms with van der Waals surface area (Å²) in [6.07, 6.45) is -17.0. The summed E-state index contributed by atoms with van der Waals surface area (Å²) in [6.45, 7) is 16.5. The number of hydrogen-bond donors (Lipinski definition) is 11. The van der Waals surface area contributed by atoms with Crippen LogP contribution < -0.4 is 0 Å². The van der Waals surface area contributed by atoms with Gasteiger partial charge in [-0.3, -0.25) is 4.79 Å². The van der Waals surface area contributed by atoms with Crippen LogP contribution in [0.5, 0.6) is 0 Å². The van der Waals surface area contributed by atoms with E-state index in [9.17, 15) is 61.0 Å². The standard InChI is InChI=1S/C52H84O20/c1-23-32(56)40(70-42-37(61)33(57)26(54)21-65-42)39(63)44(67-23)71-41-34(58)27(55)22-66-45(41)69-31-12-13-49(6)29(48(31,4)5)11-14-51(8)30(49)10-9-24-25-19-47(2,3)15-17-52(25,18-16-50(24,51)7)46(64)72-43-38(62)36(60)35(59)28(20-53)68-43/h9,23,25-45,53-63H,10-22H2,1-8H3/t23-,25-,26+,27-,28+,29-,30+,31-,32-,33-,34-,35+,36-,37+,38+,39+,40+,41+,42-,43-,44-,45-,49-,50+,51+,52-/m0/s1. The molecule has 4 saturated carbocycles. The number of ether oxygens (including phenoxy) is 8. The van der Waals surface area contributed by atoms with Crippen molar-refractivity contribution in [2.45, 2.75) is 236 Å². The molecular weight excluding hydrogens is 945 g/mol. The summed E-state index contributed by atoms with van der Waals surface area (Å²) in [7, 11) is 0. The van der Waals surface area contributed by atoms with Crippen molar-refractivity contribution >= 4 is 5.97 Å². The van der Waals surface area contributed by atoms with Gasteiger partial charge in [0, 0.05) is 0 Å². The highest BCUT2D eigenvalue weighted by Crippen LogP contribution is 2.76. The van der Waals surface area contributed by atoms with Crippen molar-refractivity contribution in [2.24, 2.45) is 50.2 Å². The minimum atomic E-state index is -1.73. The average molecular weight is 1030 g/mol. The number of hydrogen-bond acceptors (Lipinski definition) is 20. The Bertz CT molecular complexity index is 1990. The highest BCUT2D eigenvalue weighted by molar-refractivity contribution is 5.79. The molecule has 0 bridgehead atoms. The van der Waals surface area contributed by atoms with Crippen LogP contribution in [0.4, 0.5) is 0 Å². The fraction of sp³-hybridized carbons (Fsp3) is 0.942. The minimum Gasteiger partial charge on any atom is -0.432 e. The van der Waals surface area contributed by atoms with E-state index in [-0.39, 0.29) is 58.7 Å². The summed E-state index contributed by atoms with van der Waals surface area (Å²) in [5.41, 5.74) is -0.658. The number of esters is 1. The fourth-order valence-electron chi connectivity index (χ4n) is 15.9. The lowest BCUT2D eigenvalue weighted by Gasteiger charge is -2.71. The number of aliphatic hydroxyl groups excluding tert-OH is 11. The van der Waals surface area contributed by atoms with E-state index in [0.29, 0.717) is 19.3 Å². The quantitative estimate of drug-likeness (QED) is 0.0839. The van der Waals surface area contributed by atoms with Crippen molar-refractivity contribution in [1.82, 2.24) is 0 Å². The molecule has 8 fully saturated rings. The summed E-state index contributed by atoms with van der Waals surface area (Å²) >= 11 is 0. The number of fused-ring (bicyclic) bond motifs is 7. The molecule has 9 rings (SSSR count). The molecule has 20 heteroatoms. The van der Waals surface area contributed by atoms with Gasteiger partial charge in [-0.05, 0) is 116 Å². The highest BCUT2D eigenvalue weighted by atomic mass is 16.8. The van der Waals surface area contributed by atoms with Crippen molar-refractivity contribution in [3.63, 3.8) is 0 Å². The normalized spacial score (nSPS) is 54.2. The van der Waals surface area contributed by atoms with Gasteiger partial charge in [0.25, 0.3) is 0 Å². The van der Waals surface area contributed by atoms with E-state index in [2.05, 4.69) is 54.5 Å². The van der Waals surface area contributed by atoms with Gasteiger partial charge in [-0.15, -0.1) is 0 Å². The fourth-order valence-corrected chi connectivity index (χ4v) is 15.9. The Labute approximate surface area is 421 Å². The first-order valence-electron chi connectivity index (χ1n) is 26.5. The zero-order chi connectivity index (χ0) is 52.4. The first kappa shape index (κ1) is 55.3.